The summed E-state index contributed by atoms with van der Waals surface area (Å²) >= 11 is 0. The molecule has 0 saturated carbocycles. The van der Waals surface area contributed by atoms with Crippen LogP contribution in [0.25, 0.3) is 6.08 Å². The quantitative estimate of drug-likeness (QED) is 0.129. The van der Waals surface area contributed by atoms with E-state index in [2.05, 4.69) is 13.5 Å². The summed E-state index contributed by atoms with van der Waals surface area (Å²) < 4.78 is 10.8. The Morgan fingerprint density at radius 1 is 0.800 bits per heavy atom. The van der Waals surface area contributed by atoms with Crippen LogP contribution in [-0.4, -0.2) is 13.1 Å². The number of carbonyl (C=O) groups excluding carboxylic acids is 1. The number of methoxy groups -OCH3 is 1. The summed E-state index contributed by atoms with van der Waals surface area (Å²) in [6, 6.07) is 5.45. The molecule has 0 spiro atoms. The molecule has 1 rings (SSSR count). The van der Waals surface area contributed by atoms with E-state index >= 15 is 0 Å². The van der Waals surface area contributed by atoms with E-state index in [4.69, 9.17) is 9.47 Å². The zero-order valence-electron chi connectivity index (χ0n) is 19.6. The van der Waals surface area contributed by atoms with Crippen molar-refractivity contribution in [2.75, 3.05) is 7.11 Å². The highest BCUT2D eigenvalue weighted by Crippen LogP contribution is 2.29. The van der Waals surface area contributed by atoms with Crippen LogP contribution < -0.4 is 9.47 Å². The topological polar surface area (TPSA) is 35.5 Å². The Balaban J connectivity index is 1.96. The van der Waals surface area contributed by atoms with Crippen LogP contribution >= 0.6 is 0 Å². The summed E-state index contributed by atoms with van der Waals surface area (Å²) in [5.41, 5.74) is 0.939. The van der Waals surface area contributed by atoms with Crippen LogP contribution in [-0.2, 0) is 4.79 Å². The lowest BCUT2D eigenvalue weighted by Gasteiger charge is -2.10. The van der Waals surface area contributed by atoms with Crippen molar-refractivity contribution in [1.82, 2.24) is 0 Å². The third-order valence-corrected chi connectivity index (χ3v) is 5.63. The minimum Gasteiger partial charge on any atom is -0.493 e. The number of carbonyl (C=O) groups is 1. The van der Waals surface area contributed by atoms with Crippen LogP contribution in [0.2, 0.25) is 0 Å². The Bertz CT molecular complexity index is 579. The van der Waals surface area contributed by atoms with Gasteiger partial charge in [-0.1, -0.05) is 116 Å². The first-order valence-corrected chi connectivity index (χ1v) is 12.2. The molecule has 0 unspecified atom stereocenters. The molecule has 3 nitrogen and oxygen atoms in total. The molecule has 0 heterocycles. The lowest BCUT2D eigenvalue weighted by atomic mass is 10.0. The lowest BCUT2D eigenvalue weighted by Crippen LogP contribution is -2.08. The highest BCUT2D eigenvalue weighted by atomic mass is 16.6. The summed E-state index contributed by atoms with van der Waals surface area (Å²) in [5, 5.41) is 0. The molecule has 3 heteroatoms. The molecular weight excluding hydrogens is 372 g/mol. The summed E-state index contributed by atoms with van der Waals surface area (Å²) in [5.74, 6) is 0.862. The van der Waals surface area contributed by atoms with Crippen molar-refractivity contribution in [2.45, 2.75) is 110 Å². The van der Waals surface area contributed by atoms with Crippen molar-refractivity contribution in [3.05, 3.63) is 30.3 Å². The monoisotopic (exact) mass is 416 g/mol. The minimum atomic E-state index is -0.186. The average molecular weight is 417 g/mol. The second-order valence-corrected chi connectivity index (χ2v) is 8.29. The van der Waals surface area contributed by atoms with E-state index in [0.717, 1.165) is 18.4 Å². The fourth-order valence-corrected chi connectivity index (χ4v) is 3.71. The predicted octanol–water partition coefficient (Wildman–Crippen LogP) is 8.51. The fraction of sp³-hybridized carbons (Fsp3) is 0.667. The molecule has 0 aliphatic rings. The number of benzene rings is 1. The number of hydrogen-bond donors (Lipinski definition) is 0. The van der Waals surface area contributed by atoms with Gasteiger partial charge in [-0.15, -0.1) is 0 Å². The van der Waals surface area contributed by atoms with Gasteiger partial charge in [0.25, 0.3) is 0 Å². The van der Waals surface area contributed by atoms with Gasteiger partial charge in [0.15, 0.2) is 11.5 Å². The Morgan fingerprint density at radius 3 is 1.77 bits per heavy atom. The Labute approximate surface area is 185 Å². The zero-order valence-corrected chi connectivity index (χ0v) is 19.6. The van der Waals surface area contributed by atoms with Crippen LogP contribution in [0.3, 0.4) is 0 Å². The molecule has 0 bridgehead atoms. The SMILES string of the molecule is C=Cc1ccc(OC(=O)CCCCCCCCCCCCCCCCC)c(OC)c1. The largest absolute Gasteiger partial charge is 0.493 e. The molecule has 0 amide bonds. The van der Waals surface area contributed by atoms with Crippen LogP contribution in [0, 0.1) is 0 Å². The molecule has 0 aliphatic heterocycles. The van der Waals surface area contributed by atoms with E-state index in [-0.39, 0.29) is 5.97 Å². The predicted molar refractivity (Wildman–Crippen MR) is 128 cm³/mol. The van der Waals surface area contributed by atoms with Gasteiger partial charge in [-0.2, -0.15) is 0 Å². The molecule has 0 aliphatic carbocycles. The lowest BCUT2D eigenvalue weighted by molar-refractivity contribution is -0.134. The number of ether oxygens (including phenoxy) is 2. The molecule has 0 N–H and O–H groups in total. The normalized spacial score (nSPS) is 10.7. The Morgan fingerprint density at radius 2 is 1.30 bits per heavy atom. The molecule has 0 fully saturated rings. The van der Waals surface area contributed by atoms with Crippen molar-refractivity contribution >= 4 is 12.0 Å². The van der Waals surface area contributed by atoms with Gasteiger partial charge in [-0.3, -0.25) is 4.79 Å². The first kappa shape index (κ1) is 26.3. The molecule has 1 aromatic carbocycles. The van der Waals surface area contributed by atoms with Crippen LogP contribution in [0.5, 0.6) is 11.5 Å². The Kier molecular flexibility index (Phi) is 15.8. The third kappa shape index (κ3) is 12.7. The van der Waals surface area contributed by atoms with E-state index in [1.54, 1.807) is 19.3 Å². The highest BCUT2D eigenvalue weighted by molar-refractivity contribution is 5.73. The molecule has 170 valence electrons. The smallest absolute Gasteiger partial charge is 0.311 e. The van der Waals surface area contributed by atoms with Crippen molar-refractivity contribution in [3.63, 3.8) is 0 Å². The van der Waals surface area contributed by atoms with Gasteiger partial charge in [-0.05, 0) is 24.1 Å². The standard InChI is InChI=1S/C27H44O3/c1-4-6-7-8-9-10-11-12-13-14-15-16-17-18-19-20-27(28)30-25-22-21-24(5-2)23-26(25)29-3/h5,21-23H,2,4,6-20H2,1,3H3. The van der Waals surface area contributed by atoms with Crippen LogP contribution in [0.4, 0.5) is 0 Å². The summed E-state index contributed by atoms with van der Waals surface area (Å²) in [6.45, 7) is 6.01. The number of hydrogen-bond acceptors (Lipinski definition) is 3. The molecule has 0 radical (unpaired) electrons. The maximum Gasteiger partial charge on any atom is 0.311 e. The first-order valence-electron chi connectivity index (χ1n) is 12.2. The summed E-state index contributed by atoms with van der Waals surface area (Å²) in [7, 11) is 1.58. The molecular formula is C27H44O3. The summed E-state index contributed by atoms with van der Waals surface area (Å²) in [6.07, 6.45) is 22.0. The van der Waals surface area contributed by atoms with Gasteiger partial charge in [0.2, 0.25) is 0 Å². The van der Waals surface area contributed by atoms with Gasteiger partial charge >= 0.3 is 5.97 Å². The van der Waals surface area contributed by atoms with Crippen molar-refractivity contribution in [2.24, 2.45) is 0 Å². The second kappa shape index (κ2) is 18.0. The third-order valence-electron chi connectivity index (χ3n) is 5.63. The number of esters is 1. The maximum absolute atomic E-state index is 12.1. The second-order valence-electron chi connectivity index (χ2n) is 8.29. The number of unbranched alkanes of at least 4 members (excludes halogenated alkanes) is 14. The number of rotatable bonds is 19. The molecule has 0 aromatic heterocycles. The van der Waals surface area contributed by atoms with Crippen molar-refractivity contribution < 1.29 is 14.3 Å². The fourth-order valence-electron chi connectivity index (χ4n) is 3.71. The van der Waals surface area contributed by atoms with Crippen LogP contribution in [0.1, 0.15) is 115 Å². The zero-order chi connectivity index (χ0) is 21.9. The molecule has 0 saturated heterocycles. The Hall–Kier alpha value is -1.77. The molecule has 1 aromatic rings. The highest BCUT2D eigenvalue weighted by Gasteiger charge is 2.10. The van der Waals surface area contributed by atoms with E-state index in [0.29, 0.717) is 17.9 Å². The van der Waals surface area contributed by atoms with Gasteiger partial charge in [0.05, 0.1) is 7.11 Å². The van der Waals surface area contributed by atoms with Crippen molar-refractivity contribution in [3.8, 4) is 11.5 Å². The summed E-state index contributed by atoms with van der Waals surface area (Å²) in [4.78, 5) is 12.1. The molecule has 30 heavy (non-hydrogen) atoms. The van der Waals surface area contributed by atoms with E-state index in [1.165, 1.54) is 83.5 Å². The van der Waals surface area contributed by atoms with Gasteiger partial charge < -0.3 is 9.47 Å². The van der Waals surface area contributed by atoms with Gasteiger partial charge in [0.1, 0.15) is 0 Å². The molecule has 0 atom stereocenters. The minimum absolute atomic E-state index is 0.186. The maximum atomic E-state index is 12.1. The van der Waals surface area contributed by atoms with E-state index in [1.807, 2.05) is 12.1 Å². The van der Waals surface area contributed by atoms with Crippen molar-refractivity contribution in [1.29, 1.82) is 0 Å². The van der Waals surface area contributed by atoms with Crippen LogP contribution in [0.15, 0.2) is 24.8 Å². The average Bonchev–Trinajstić information content (AvgIpc) is 2.76. The van der Waals surface area contributed by atoms with Gasteiger partial charge in [0, 0.05) is 6.42 Å². The van der Waals surface area contributed by atoms with Gasteiger partial charge in [-0.25, -0.2) is 0 Å². The first-order chi connectivity index (χ1) is 14.7. The van der Waals surface area contributed by atoms with E-state index in [9.17, 15) is 4.79 Å². The van der Waals surface area contributed by atoms with E-state index < -0.39 is 0 Å².